The van der Waals surface area contributed by atoms with Crippen LogP contribution < -0.4 is 22.3 Å². The van der Waals surface area contributed by atoms with Crippen LogP contribution in [0.5, 0.6) is 0 Å². The number of hydrogen-bond donors (Lipinski definition) is 4. The van der Waals surface area contributed by atoms with Crippen LogP contribution in [-0.4, -0.2) is 16.5 Å². The third kappa shape index (κ3) is 2.33. The average molecular weight is 222 g/mol. The Morgan fingerprint density at radius 1 is 1.44 bits per heavy atom. The Kier molecular flexibility index (Phi) is 2.59. The lowest BCUT2D eigenvalue weighted by Crippen LogP contribution is -2.13. The van der Waals surface area contributed by atoms with E-state index in [1.807, 2.05) is 0 Å². The lowest BCUT2D eigenvalue weighted by molar-refractivity contribution is 0.573. The molecule has 0 aromatic carbocycles. The predicted molar refractivity (Wildman–Crippen MR) is 64.6 cm³/mol. The van der Waals surface area contributed by atoms with Crippen LogP contribution in [0, 0.1) is 11.3 Å². The number of aromatic nitrogens is 2. The molecule has 1 aliphatic carbocycles. The van der Waals surface area contributed by atoms with Crippen molar-refractivity contribution in [3.05, 3.63) is 6.07 Å². The van der Waals surface area contributed by atoms with Crippen molar-refractivity contribution in [2.75, 3.05) is 23.0 Å². The van der Waals surface area contributed by atoms with Gasteiger partial charge in [-0.2, -0.15) is 9.97 Å². The largest absolute Gasteiger partial charge is 0.370 e. The molecule has 0 aliphatic heterocycles. The number of hydrogen-bond acceptors (Lipinski definition) is 6. The molecule has 0 bridgehead atoms. The van der Waals surface area contributed by atoms with Gasteiger partial charge in [-0.3, -0.25) is 0 Å². The fraction of sp³-hybridized carbons (Fsp3) is 0.600. The highest BCUT2D eigenvalue weighted by atomic mass is 15.3. The molecule has 1 aromatic rings. The first kappa shape index (κ1) is 10.9. The summed E-state index contributed by atoms with van der Waals surface area (Å²) in [5, 5.41) is 3.25. The minimum Gasteiger partial charge on any atom is -0.370 e. The fourth-order valence-corrected chi connectivity index (χ4v) is 1.78. The number of rotatable bonds is 4. The zero-order valence-corrected chi connectivity index (χ0v) is 9.62. The van der Waals surface area contributed by atoms with Gasteiger partial charge in [-0.15, -0.1) is 0 Å². The van der Waals surface area contributed by atoms with Gasteiger partial charge in [-0.25, -0.2) is 5.84 Å². The van der Waals surface area contributed by atoms with E-state index in [9.17, 15) is 0 Å². The lowest BCUT2D eigenvalue weighted by atomic mass is 10.1. The monoisotopic (exact) mass is 222 g/mol. The molecular formula is C10H18N6. The molecule has 1 unspecified atom stereocenters. The van der Waals surface area contributed by atoms with Crippen molar-refractivity contribution in [1.82, 2.24) is 9.97 Å². The van der Waals surface area contributed by atoms with E-state index < -0.39 is 0 Å². The number of anilines is 3. The Morgan fingerprint density at radius 3 is 2.62 bits per heavy atom. The second-order valence-corrected chi connectivity index (χ2v) is 4.91. The van der Waals surface area contributed by atoms with E-state index in [1.54, 1.807) is 6.07 Å². The zero-order valence-electron chi connectivity index (χ0n) is 9.62. The Labute approximate surface area is 94.8 Å². The van der Waals surface area contributed by atoms with Crippen LogP contribution in [0.25, 0.3) is 0 Å². The molecule has 2 rings (SSSR count). The second-order valence-electron chi connectivity index (χ2n) is 4.91. The number of nitrogens with two attached hydrogens (primary N) is 2. The Balaban J connectivity index is 1.96. The van der Waals surface area contributed by atoms with Crippen molar-refractivity contribution in [1.29, 1.82) is 0 Å². The van der Waals surface area contributed by atoms with Crippen molar-refractivity contribution in [2.45, 2.75) is 20.3 Å². The number of nitrogen functional groups attached to an aromatic ring is 2. The van der Waals surface area contributed by atoms with E-state index in [-0.39, 0.29) is 5.95 Å². The molecule has 1 fully saturated rings. The van der Waals surface area contributed by atoms with Crippen LogP contribution in [0.15, 0.2) is 6.07 Å². The standard InChI is InChI=1S/C10H18N6/c1-10(2)4-6(10)5-13-7-3-8(16-12)15-9(11)14-7/h3,6H,4-5,12H2,1-2H3,(H4,11,13,14,15,16). The van der Waals surface area contributed by atoms with Gasteiger partial charge in [0.05, 0.1) is 0 Å². The van der Waals surface area contributed by atoms with Crippen molar-refractivity contribution in [2.24, 2.45) is 17.2 Å². The normalized spacial score (nSPS) is 21.6. The van der Waals surface area contributed by atoms with Crippen LogP contribution in [0.4, 0.5) is 17.6 Å². The summed E-state index contributed by atoms with van der Waals surface area (Å²) in [6.45, 7) is 5.44. The lowest BCUT2D eigenvalue weighted by Gasteiger charge is -2.08. The first-order valence-corrected chi connectivity index (χ1v) is 5.36. The highest BCUT2D eigenvalue weighted by molar-refractivity contribution is 5.50. The zero-order chi connectivity index (χ0) is 11.8. The quantitative estimate of drug-likeness (QED) is 0.444. The first-order chi connectivity index (χ1) is 7.51. The van der Waals surface area contributed by atoms with E-state index in [0.717, 1.165) is 6.54 Å². The molecule has 6 N–H and O–H groups in total. The Morgan fingerprint density at radius 2 is 2.06 bits per heavy atom. The average Bonchev–Trinajstić information content (AvgIpc) is 2.83. The van der Waals surface area contributed by atoms with Crippen LogP contribution in [0.2, 0.25) is 0 Å². The van der Waals surface area contributed by atoms with Gasteiger partial charge in [0.2, 0.25) is 5.95 Å². The molecule has 1 atom stereocenters. The highest BCUT2D eigenvalue weighted by Crippen LogP contribution is 2.51. The van der Waals surface area contributed by atoms with E-state index in [0.29, 0.717) is 23.0 Å². The number of hydrazine groups is 1. The van der Waals surface area contributed by atoms with Crippen molar-refractivity contribution < 1.29 is 0 Å². The predicted octanol–water partition coefficient (Wildman–Crippen LogP) is 0.802. The maximum Gasteiger partial charge on any atom is 0.223 e. The fourth-order valence-electron chi connectivity index (χ4n) is 1.78. The summed E-state index contributed by atoms with van der Waals surface area (Å²) in [6.07, 6.45) is 1.25. The van der Waals surface area contributed by atoms with Gasteiger partial charge < -0.3 is 16.5 Å². The summed E-state index contributed by atoms with van der Waals surface area (Å²) in [6, 6.07) is 1.74. The summed E-state index contributed by atoms with van der Waals surface area (Å²) in [7, 11) is 0. The second kappa shape index (κ2) is 3.79. The summed E-state index contributed by atoms with van der Waals surface area (Å²) in [4.78, 5) is 8.00. The molecule has 6 nitrogen and oxygen atoms in total. The van der Waals surface area contributed by atoms with Crippen molar-refractivity contribution in [3.8, 4) is 0 Å². The first-order valence-electron chi connectivity index (χ1n) is 5.36. The summed E-state index contributed by atoms with van der Waals surface area (Å²) in [5.41, 5.74) is 8.47. The van der Waals surface area contributed by atoms with Crippen LogP contribution in [-0.2, 0) is 0 Å². The van der Waals surface area contributed by atoms with E-state index in [1.165, 1.54) is 6.42 Å². The summed E-state index contributed by atoms with van der Waals surface area (Å²) >= 11 is 0. The van der Waals surface area contributed by atoms with E-state index >= 15 is 0 Å². The van der Waals surface area contributed by atoms with Crippen molar-refractivity contribution in [3.63, 3.8) is 0 Å². The summed E-state index contributed by atoms with van der Waals surface area (Å²) in [5.74, 6) is 7.43. The minimum atomic E-state index is 0.216. The molecule has 0 spiro atoms. The van der Waals surface area contributed by atoms with Gasteiger partial charge in [-0.05, 0) is 17.8 Å². The maximum atomic E-state index is 5.55. The molecule has 16 heavy (non-hydrogen) atoms. The van der Waals surface area contributed by atoms with Gasteiger partial charge in [0.1, 0.15) is 11.6 Å². The maximum absolute atomic E-state index is 5.55. The minimum absolute atomic E-state index is 0.216. The van der Waals surface area contributed by atoms with Crippen LogP contribution >= 0.6 is 0 Å². The van der Waals surface area contributed by atoms with Gasteiger partial charge in [0, 0.05) is 12.6 Å². The summed E-state index contributed by atoms with van der Waals surface area (Å²) < 4.78 is 0. The van der Waals surface area contributed by atoms with Crippen LogP contribution in [0.1, 0.15) is 20.3 Å². The van der Waals surface area contributed by atoms with Crippen molar-refractivity contribution >= 4 is 17.6 Å². The smallest absolute Gasteiger partial charge is 0.223 e. The van der Waals surface area contributed by atoms with Gasteiger partial charge in [-0.1, -0.05) is 13.8 Å². The SMILES string of the molecule is CC1(C)CC1CNc1cc(NN)nc(N)n1. The molecule has 1 heterocycles. The van der Waals surface area contributed by atoms with E-state index in [4.69, 9.17) is 11.6 Å². The Bertz CT molecular complexity index is 389. The molecule has 1 aromatic heterocycles. The third-order valence-electron chi connectivity index (χ3n) is 3.14. The Hall–Kier alpha value is -1.56. The van der Waals surface area contributed by atoms with Crippen LogP contribution in [0.3, 0.4) is 0 Å². The molecule has 1 saturated carbocycles. The molecule has 1 aliphatic rings. The highest BCUT2D eigenvalue weighted by Gasteiger charge is 2.44. The topological polar surface area (TPSA) is 102 Å². The number of nitrogens with zero attached hydrogens (tertiary/aromatic N) is 2. The molecular weight excluding hydrogens is 204 g/mol. The molecule has 6 heteroatoms. The molecule has 0 radical (unpaired) electrons. The number of nitrogens with one attached hydrogen (secondary N) is 2. The molecule has 0 amide bonds. The van der Waals surface area contributed by atoms with Gasteiger partial charge in [0.25, 0.3) is 0 Å². The van der Waals surface area contributed by atoms with Gasteiger partial charge in [0.15, 0.2) is 0 Å². The third-order valence-corrected chi connectivity index (χ3v) is 3.14. The molecule has 88 valence electrons. The van der Waals surface area contributed by atoms with Gasteiger partial charge >= 0.3 is 0 Å². The van der Waals surface area contributed by atoms with E-state index in [2.05, 4.69) is 34.6 Å². The molecule has 0 saturated heterocycles.